The number of aliphatic imine (C=N–C) groups is 1. The van der Waals surface area contributed by atoms with Crippen molar-refractivity contribution in [3.05, 3.63) is 17.0 Å². The van der Waals surface area contributed by atoms with Gasteiger partial charge in [0.2, 0.25) is 0 Å². The predicted molar refractivity (Wildman–Crippen MR) is 116 cm³/mol. The molecular weight excluding hydrogens is 445 g/mol. The third kappa shape index (κ3) is 8.86. The molecule has 150 valence electrons. The molecule has 1 aromatic rings. The van der Waals surface area contributed by atoms with E-state index in [1.165, 1.54) is 11.3 Å². The van der Waals surface area contributed by atoms with Crippen molar-refractivity contribution in [3.63, 3.8) is 0 Å². The molecular formula is C18H34IN5O2. The van der Waals surface area contributed by atoms with Crippen LogP contribution in [-0.4, -0.2) is 41.9 Å². The Kier molecular flexibility index (Phi) is 13.1. The molecule has 0 saturated heterocycles. The third-order valence-electron chi connectivity index (χ3n) is 4.22. The lowest BCUT2D eigenvalue weighted by molar-refractivity contribution is -0.143. The van der Waals surface area contributed by atoms with Gasteiger partial charge in [-0.2, -0.15) is 5.10 Å². The zero-order chi connectivity index (χ0) is 18.7. The summed E-state index contributed by atoms with van der Waals surface area (Å²) in [6.45, 7) is 7.98. The standard InChI is InChI=1S/C18H33N5O2.HI/c1-6-25-17(24)11-9-7-8-10-12-20-18(19-4)21-13-16-14(2)22-23(5)15(16)3;/h6-13H2,1-5H3,(H2,19,20,21);1H. The average molecular weight is 479 g/mol. The van der Waals surface area contributed by atoms with Crippen LogP contribution in [0.1, 0.15) is 56.0 Å². The van der Waals surface area contributed by atoms with Crippen LogP contribution in [0.2, 0.25) is 0 Å². The van der Waals surface area contributed by atoms with E-state index in [1.54, 1.807) is 7.05 Å². The number of halogens is 1. The fraction of sp³-hybridized carbons (Fsp3) is 0.722. The maximum atomic E-state index is 11.2. The van der Waals surface area contributed by atoms with Gasteiger partial charge in [-0.25, -0.2) is 0 Å². The second kappa shape index (κ2) is 13.8. The summed E-state index contributed by atoms with van der Waals surface area (Å²) < 4.78 is 6.82. The molecule has 0 atom stereocenters. The van der Waals surface area contributed by atoms with E-state index in [0.717, 1.165) is 43.9 Å². The van der Waals surface area contributed by atoms with Crippen LogP contribution in [-0.2, 0) is 23.1 Å². The zero-order valence-electron chi connectivity index (χ0n) is 16.7. The number of aromatic nitrogens is 2. The number of carbonyl (C=O) groups excluding carboxylic acids is 1. The quantitative estimate of drug-likeness (QED) is 0.177. The van der Waals surface area contributed by atoms with Crippen LogP contribution < -0.4 is 10.6 Å². The van der Waals surface area contributed by atoms with Crippen molar-refractivity contribution in [3.8, 4) is 0 Å². The smallest absolute Gasteiger partial charge is 0.305 e. The number of nitrogens with one attached hydrogen (secondary N) is 2. The Hall–Kier alpha value is -1.32. The maximum absolute atomic E-state index is 11.2. The van der Waals surface area contributed by atoms with Crippen molar-refractivity contribution in [1.29, 1.82) is 0 Å². The monoisotopic (exact) mass is 479 g/mol. The van der Waals surface area contributed by atoms with E-state index >= 15 is 0 Å². The molecule has 2 N–H and O–H groups in total. The lowest BCUT2D eigenvalue weighted by atomic mass is 10.1. The average Bonchev–Trinajstić information content (AvgIpc) is 2.82. The summed E-state index contributed by atoms with van der Waals surface area (Å²) in [5.41, 5.74) is 3.43. The molecule has 0 saturated carbocycles. The number of unbranched alkanes of at least 4 members (excludes halogenated alkanes) is 3. The van der Waals surface area contributed by atoms with Crippen LogP contribution in [0, 0.1) is 13.8 Å². The van der Waals surface area contributed by atoms with Crippen molar-refractivity contribution < 1.29 is 9.53 Å². The van der Waals surface area contributed by atoms with Gasteiger partial charge in [-0.05, 0) is 33.6 Å². The minimum atomic E-state index is -0.0915. The molecule has 0 radical (unpaired) electrons. The molecule has 8 heteroatoms. The highest BCUT2D eigenvalue weighted by molar-refractivity contribution is 14.0. The lowest BCUT2D eigenvalue weighted by Gasteiger charge is -2.12. The van der Waals surface area contributed by atoms with E-state index < -0.39 is 0 Å². The number of guanidine groups is 1. The number of rotatable bonds is 10. The predicted octanol–water partition coefficient (Wildman–Crippen LogP) is 2.83. The minimum absolute atomic E-state index is 0. The van der Waals surface area contributed by atoms with Crippen molar-refractivity contribution in [2.45, 2.75) is 59.4 Å². The van der Waals surface area contributed by atoms with Crippen LogP contribution in [0.25, 0.3) is 0 Å². The maximum Gasteiger partial charge on any atom is 0.305 e. The number of aryl methyl sites for hydroxylation is 2. The molecule has 7 nitrogen and oxygen atoms in total. The molecule has 1 heterocycles. The largest absolute Gasteiger partial charge is 0.466 e. The summed E-state index contributed by atoms with van der Waals surface area (Å²) in [5, 5.41) is 11.1. The van der Waals surface area contributed by atoms with Crippen molar-refractivity contribution >= 4 is 35.9 Å². The van der Waals surface area contributed by atoms with Crippen LogP contribution >= 0.6 is 24.0 Å². The molecule has 0 amide bonds. The number of nitrogens with zero attached hydrogens (tertiary/aromatic N) is 3. The van der Waals surface area contributed by atoms with Gasteiger partial charge in [0.15, 0.2) is 5.96 Å². The second-order valence-electron chi connectivity index (χ2n) is 6.09. The van der Waals surface area contributed by atoms with Gasteiger partial charge in [0.25, 0.3) is 0 Å². The van der Waals surface area contributed by atoms with Crippen molar-refractivity contribution in [2.75, 3.05) is 20.2 Å². The van der Waals surface area contributed by atoms with E-state index in [0.29, 0.717) is 19.6 Å². The van der Waals surface area contributed by atoms with E-state index in [-0.39, 0.29) is 29.9 Å². The number of ether oxygens (including phenoxy) is 1. The molecule has 0 fully saturated rings. The first kappa shape index (κ1) is 24.7. The first-order valence-corrected chi connectivity index (χ1v) is 9.08. The lowest BCUT2D eigenvalue weighted by Crippen LogP contribution is -2.37. The molecule has 0 aliphatic heterocycles. The highest BCUT2D eigenvalue weighted by Gasteiger charge is 2.09. The summed E-state index contributed by atoms with van der Waals surface area (Å²) in [4.78, 5) is 15.5. The molecule has 0 spiro atoms. The second-order valence-corrected chi connectivity index (χ2v) is 6.09. The first-order chi connectivity index (χ1) is 12.0. The number of hydrogen-bond donors (Lipinski definition) is 2. The molecule has 1 rings (SSSR count). The van der Waals surface area contributed by atoms with Gasteiger partial charge >= 0.3 is 5.97 Å². The Balaban J connectivity index is 0.00000625. The van der Waals surface area contributed by atoms with Crippen molar-refractivity contribution in [2.24, 2.45) is 12.0 Å². The van der Waals surface area contributed by atoms with Crippen molar-refractivity contribution in [1.82, 2.24) is 20.4 Å². The van der Waals surface area contributed by atoms with E-state index in [9.17, 15) is 4.79 Å². The molecule has 0 aromatic carbocycles. The summed E-state index contributed by atoms with van der Waals surface area (Å²) in [5.74, 6) is 0.709. The highest BCUT2D eigenvalue weighted by Crippen LogP contribution is 2.11. The molecule has 26 heavy (non-hydrogen) atoms. The Bertz CT molecular complexity index is 572. The zero-order valence-corrected chi connectivity index (χ0v) is 19.1. The van der Waals surface area contributed by atoms with Crippen LogP contribution in [0.4, 0.5) is 0 Å². The molecule has 0 aliphatic rings. The van der Waals surface area contributed by atoms with E-state index in [1.807, 2.05) is 25.6 Å². The van der Waals surface area contributed by atoms with Gasteiger partial charge in [0.05, 0.1) is 12.3 Å². The fourth-order valence-corrected chi connectivity index (χ4v) is 2.65. The van der Waals surface area contributed by atoms with Crippen LogP contribution in [0.5, 0.6) is 0 Å². The molecule has 0 unspecified atom stereocenters. The van der Waals surface area contributed by atoms with Gasteiger partial charge in [-0.15, -0.1) is 24.0 Å². The third-order valence-corrected chi connectivity index (χ3v) is 4.22. The summed E-state index contributed by atoms with van der Waals surface area (Å²) in [6.07, 6.45) is 4.60. The Labute approximate surface area is 174 Å². The first-order valence-electron chi connectivity index (χ1n) is 9.08. The SMILES string of the molecule is CCOC(=O)CCCCCCNC(=NC)NCc1c(C)nn(C)c1C.I. The number of esters is 1. The van der Waals surface area contributed by atoms with Gasteiger partial charge < -0.3 is 15.4 Å². The Morgan fingerprint density at radius 3 is 2.46 bits per heavy atom. The van der Waals surface area contributed by atoms with Crippen LogP contribution in [0.3, 0.4) is 0 Å². The number of carbonyl (C=O) groups is 1. The normalized spacial score (nSPS) is 11.0. The number of hydrogen-bond acceptors (Lipinski definition) is 4. The molecule has 1 aromatic heterocycles. The van der Waals surface area contributed by atoms with Crippen LogP contribution in [0.15, 0.2) is 4.99 Å². The van der Waals surface area contributed by atoms with Gasteiger partial charge in [0.1, 0.15) is 0 Å². The summed E-state index contributed by atoms with van der Waals surface area (Å²) in [7, 11) is 3.73. The van der Waals surface area contributed by atoms with Gasteiger partial charge in [0, 0.05) is 44.9 Å². The van der Waals surface area contributed by atoms with Gasteiger partial charge in [-0.3, -0.25) is 14.5 Å². The summed E-state index contributed by atoms with van der Waals surface area (Å²) >= 11 is 0. The Morgan fingerprint density at radius 1 is 1.19 bits per heavy atom. The molecule has 0 bridgehead atoms. The van der Waals surface area contributed by atoms with Gasteiger partial charge in [-0.1, -0.05) is 12.8 Å². The molecule has 0 aliphatic carbocycles. The fourth-order valence-electron chi connectivity index (χ4n) is 2.65. The highest BCUT2D eigenvalue weighted by atomic mass is 127. The topological polar surface area (TPSA) is 80.5 Å². The van der Waals surface area contributed by atoms with E-state index in [2.05, 4.69) is 27.6 Å². The summed E-state index contributed by atoms with van der Waals surface area (Å²) in [6, 6.07) is 0. The Morgan fingerprint density at radius 2 is 1.88 bits per heavy atom. The van der Waals surface area contributed by atoms with E-state index in [4.69, 9.17) is 4.74 Å². The minimum Gasteiger partial charge on any atom is -0.466 e.